The number of nitrogens with one attached hydrogen (secondary N) is 1. The van der Waals surface area contributed by atoms with E-state index in [0.29, 0.717) is 36.9 Å². The average molecular weight is 352 g/mol. The lowest BCUT2D eigenvalue weighted by molar-refractivity contribution is -0.122. The first-order valence-corrected chi connectivity index (χ1v) is 8.68. The fraction of sp³-hybridized carbons (Fsp3) is 0.300. The van der Waals surface area contributed by atoms with Gasteiger partial charge in [0.15, 0.2) is 11.5 Å². The van der Waals surface area contributed by atoms with E-state index in [1.807, 2.05) is 31.2 Å². The van der Waals surface area contributed by atoms with Gasteiger partial charge in [-0.1, -0.05) is 12.1 Å². The summed E-state index contributed by atoms with van der Waals surface area (Å²) >= 11 is 0. The van der Waals surface area contributed by atoms with Gasteiger partial charge in [-0.3, -0.25) is 9.59 Å². The minimum Gasteiger partial charge on any atom is -0.486 e. The minimum absolute atomic E-state index is 0.0297. The second kappa shape index (κ2) is 6.71. The van der Waals surface area contributed by atoms with Gasteiger partial charge >= 0.3 is 0 Å². The fourth-order valence-corrected chi connectivity index (χ4v) is 3.29. The third-order valence-electron chi connectivity index (χ3n) is 4.62. The Morgan fingerprint density at radius 2 is 1.92 bits per heavy atom. The number of carbonyl (C=O) groups is 2. The summed E-state index contributed by atoms with van der Waals surface area (Å²) in [6.07, 6.45) is 0.213. The van der Waals surface area contributed by atoms with Crippen molar-refractivity contribution in [3.63, 3.8) is 0 Å². The van der Waals surface area contributed by atoms with Crippen LogP contribution in [0.1, 0.15) is 12.0 Å². The molecule has 0 saturated carbocycles. The highest BCUT2D eigenvalue weighted by molar-refractivity contribution is 6.03. The van der Waals surface area contributed by atoms with Crippen molar-refractivity contribution in [2.45, 2.75) is 13.3 Å². The molecule has 2 heterocycles. The summed E-state index contributed by atoms with van der Waals surface area (Å²) in [5.74, 6) is 0.730. The highest BCUT2D eigenvalue weighted by Crippen LogP contribution is 2.33. The summed E-state index contributed by atoms with van der Waals surface area (Å²) in [5.41, 5.74) is 2.56. The third-order valence-corrected chi connectivity index (χ3v) is 4.62. The zero-order valence-electron chi connectivity index (χ0n) is 14.5. The van der Waals surface area contributed by atoms with Crippen molar-refractivity contribution >= 4 is 23.2 Å². The highest BCUT2D eigenvalue weighted by Gasteiger charge is 2.35. The van der Waals surface area contributed by atoms with Crippen LogP contribution in [-0.4, -0.2) is 31.6 Å². The highest BCUT2D eigenvalue weighted by atomic mass is 16.6. The fourth-order valence-electron chi connectivity index (χ4n) is 3.29. The maximum absolute atomic E-state index is 12.6. The summed E-state index contributed by atoms with van der Waals surface area (Å²) in [5, 5.41) is 2.88. The second-order valence-electron chi connectivity index (χ2n) is 6.59. The SMILES string of the molecule is Cc1cccc(N2C[C@@H](C(=O)Nc3ccc4c(c3)OCCO4)CC2=O)c1. The molecule has 134 valence electrons. The molecule has 1 saturated heterocycles. The van der Waals surface area contributed by atoms with E-state index in [1.54, 1.807) is 23.1 Å². The van der Waals surface area contributed by atoms with Gasteiger partial charge in [-0.25, -0.2) is 0 Å². The van der Waals surface area contributed by atoms with E-state index in [0.717, 1.165) is 11.3 Å². The molecule has 0 bridgehead atoms. The Morgan fingerprint density at radius 3 is 2.73 bits per heavy atom. The number of aryl methyl sites for hydroxylation is 1. The molecule has 4 rings (SSSR count). The van der Waals surface area contributed by atoms with Crippen molar-refractivity contribution in [2.75, 3.05) is 30.0 Å². The monoisotopic (exact) mass is 352 g/mol. The van der Waals surface area contributed by atoms with Gasteiger partial charge in [0.2, 0.25) is 11.8 Å². The van der Waals surface area contributed by atoms with Crippen molar-refractivity contribution < 1.29 is 19.1 Å². The van der Waals surface area contributed by atoms with Gasteiger partial charge in [0.05, 0.1) is 5.92 Å². The van der Waals surface area contributed by atoms with Crippen molar-refractivity contribution in [3.05, 3.63) is 48.0 Å². The van der Waals surface area contributed by atoms with Gasteiger partial charge < -0.3 is 19.7 Å². The molecule has 0 aromatic heterocycles. The molecule has 0 spiro atoms. The molecule has 2 aliphatic heterocycles. The van der Waals surface area contributed by atoms with Crippen LogP contribution in [0, 0.1) is 12.8 Å². The van der Waals surface area contributed by atoms with E-state index in [1.165, 1.54) is 0 Å². The molecule has 0 unspecified atom stereocenters. The number of fused-ring (bicyclic) bond motifs is 1. The number of ether oxygens (including phenoxy) is 2. The number of rotatable bonds is 3. The van der Waals surface area contributed by atoms with Crippen LogP contribution in [0.3, 0.4) is 0 Å². The summed E-state index contributed by atoms with van der Waals surface area (Å²) in [6, 6.07) is 13.1. The van der Waals surface area contributed by atoms with Crippen LogP contribution in [0.5, 0.6) is 11.5 Å². The first-order chi connectivity index (χ1) is 12.6. The van der Waals surface area contributed by atoms with E-state index < -0.39 is 0 Å². The van der Waals surface area contributed by atoms with E-state index >= 15 is 0 Å². The Balaban J connectivity index is 1.45. The van der Waals surface area contributed by atoms with E-state index in [2.05, 4.69) is 5.32 Å². The number of carbonyl (C=O) groups excluding carboxylic acids is 2. The lowest BCUT2D eigenvalue weighted by atomic mass is 10.1. The number of nitrogens with zero attached hydrogens (tertiary/aromatic N) is 1. The Hall–Kier alpha value is -3.02. The zero-order chi connectivity index (χ0) is 18.1. The molecule has 2 aliphatic rings. The minimum atomic E-state index is -0.379. The van der Waals surface area contributed by atoms with Crippen LogP contribution < -0.4 is 19.7 Å². The Morgan fingerprint density at radius 1 is 1.12 bits per heavy atom. The topological polar surface area (TPSA) is 67.9 Å². The average Bonchev–Trinajstić information content (AvgIpc) is 3.03. The molecule has 2 aromatic carbocycles. The Labute approximate surface area is 151 Å². The Bertz CT molecular complexity index is 865. The summed E-state index contributed by atoms with van der Waals surface area (Å²) in [4.78, 5) is 26.6. The van der Waals surface area contributed by atoms with Crippen LogP contribution >= 0.6 is 0 Å². The van der Waals surface area contributed by atoms with Crippen molar-refractivity contribution in [1.82, 2.24) is 0 Å². The van der Waals surface area contributed by atoms with E-state index in [9.17, 15) is 9.59 Å². The molecular weight excluding hydrogens is 332 g/mol. The summed E-state index contributed by atoms with van der Waals surface area (Å²) in [6.45, 7) is 3.39. The normalized spacial score (nSPS) is 18.7. The predicted molar refractivity (Wildman–Crippen MR) is 97.7 cm³/mol. The molecule has 2 amide bonds. The number of amides is 2. The van der Waals surface area contributed by atoms with Crippen molar-refractivity contribution in [2.24, 2.45) is 5.92 Å². The molecule has 26 heavy (non-hydrogen) atoms. The zero-order valence-corrected chi connectivity index (χ0v) is 14.5. The van der Waals surface area contributed by atoms with Gasteiger partial charge in [-0.15, -0.1) is 0 Å². The van der Waals surface area contributed by atoms with Crippen LogP contribution in [0.25, 0.3) is 0 Å². The first-order valence-electron chi connectivity index (χ1n) is 8.68. The van der Waals surface area contributed by atoms with Gasteiger partial charge in [-0.05, 0) is 36.8 Å². The van der Waals surface area contributed by atoms with Crippen LogP contribution in [-0.2, 0) is 9.59 Å². The first kappa shape index (κ1) is 16.4. The number of benzene rings is 2. The van der Waals surface area contributed by atoms with Crippen molar-refractivity contribution in [1.29, 1.82) is 0 Å². The molecule has 1 atom stereocenters. The van der Waals surface area contributed by atoms with Crippen LogP contribution in [0.4, 0.5) is 11.4 Å². The lowest BCUT2D eigenvalue weighted by Crippen LogP contribution is -2.28. The third kappa shape index (κ3) is 3.22. The lowest BCUT2D eigenvalue weighted by Gasteiger charge is -2.19. The van der Waals surface area contributed by atoms with Crippen LogP contribution in [0.15, 0.2) is 42.5 Å². The van der Waals surface area contributed by atoms with Gasteiger partial charge in [0.1, 0.15) is 13.2 Å². The standard InChI is InChI=1S/C20H20N2O4/c1-13-3-2-4-16(9-13)22-12-14(10-19(22)23)20(24)21-15-5-6-17-18(11-15)26-8-7-25-17/h2-6,9,11,14H,7-8,10,12H2,1H3,(H,21,24)/t14-/m0/s1. The number of hydrogen-bond acceptors (Lipinski definition) is 4. The van der Waals surface area contributed by atoms with E-state index in [-0.39, 0.29) is 24.2 Å². The van der Waals surface area contributed by atoms with Gasteiger partial charge in [-0.2, -0.15) is 0 Å². The number of anilines is 2. The molecule has 1 fully saturated rings. The van der Waals surface area contributed by atoms with Crippen molar-refractivity contribution in [3.8, 4) is 11.5 Å². The quantitative estimate of drug-likeness (QED) is 0.922. The largest absolute Gasteiger partial charge is 0.486 e. The molecule has 1 N–H and O–H groups in total. The second-order valence-corrected chi connectivity index (χ2v) is 6.59. The van der Waals surface area contributed by atoms with E-state index in [4.69, 9.17) is 9.47 Å². The number of hydrogen-bond donors (Lipinski definition) is 1. The Kier molecular flexibility index (Phi) is 4.24. The van der Waals surface area contributed by atoms with Gasteiger partial charge in [0, 0.05) is 30.4 Å². The van der Waals surface area contributed by atoms with Crippen LogP contribution in [0.2, 0.25) is 0 Å². The molecule has 6 heteroatoms. The summed E-state index contributed by atoms with van der Waals surface area (Å²) in [7, 11) is 0. The molecule has 6 nitrogen and oxygen atoms in total. The molecule has 0 radical (unpaired) electrons. The summed E-state index contributed by atoms with van der Waals surface area (Å²) < 4.78 is 11.0. The maximum Gasteiger partial charge on any atom is 0.229 e. The molecular formula is C20H20N2O4. The smallest absolute Gasteiger partial charge is 0.229 e. The molecule has 0 aliphatic carbocycles. The molecule has 2 aromatic rings. The predicted octanol–water partition coefficient (Wildman–Crippen LogP) is 2.76. The maximum atomic E-state index is 12.6. The van der Waals surface area contributed by atoms with Gasteiger partial charge in [0.25, 0.3) is 0 Å².